The number of benzene rings is 1. The average molecular weight is 283 g/mol. The standard InChI is InChI=1S/C13H15ClN2OS/c1-2-15-6-10-3-4-13(12(14)5-10)17-7-11-8-18-9-16-11/h3-5,8-9,15H,2,6-7H2,1H3. The van der Waals surface area contributed by atoms with Crippen LogP contribution in [-0.2, 0) is 13.2 Å². The van der Waals surface area contributed by atoms with Crippen LogP contribution in [0, 0.1) is 0 Å². The van der Waals surface area contributed by atoms with Crippen molar-refractivity contribution in [2.75, 3.05) is 6.54 Å². The Morgan fingerprint density at radius 1 is 1.44 bits per heavy atom. The molecule has 1 heterocycles. The minimum atomic E-state index is 0.454. The normalized spacial score (nSPS) is 10.6. The number of nitrogens with zero attached hydrogens (tertiary/aromatic N) is 1. The molecule has 1 aromatic heterocycles. The van der Waals surface area contributed by atoms with E-state index in [1.54, 1.807) is 16.8 Å². The minimum Gasteiger partial charge on any atom is -0.486 e. The van der Waals surface area contributed by atoms with E-state index in [0.29, 0.717) is 17.4 Å². The lowest BCUT2D eigenvalue weighted by molar-refractivity contribution is 0.302. The van der Waals surface area contributed by atoms with Gasteiger partial charge < -0.3 is 10.1 Å². The van der Waals surface area contributed by atoms with Crippen molar-refractivity contribution in [3.63, 3.8) is 0 Å². The fraction of sp³-hybridized carbons (Fsp3) is 0.308. The van der Waals surface area contributed by atoms with E-state index in [-0.39, 0.29) is 0 Å². The molecule has 1 N–H and O–H groups in total. The molecule has 0 bridgehead atoms. The maximum Gasteiger partial charge on any atom is 0.138 e. The van der Waals surface area contributed by atoms with E-state index in [2.05, 4.69) is 17.2 Å². The fourth-order valence-electron chi connectivity index (χ4n) is 1.50. The van der Waals surface area contributed by atoms with Crippen LogP contribution in [0.4, 0.5) is 0 Å². The van der Waals surface area contributed by atoms with Crippen LogP contribution in [0.15, 0.2) is 29.1 Å². The Hall–Kier alpha value is -1.10. The van der Waals surface area contributed by atoms with Gasteiger partial charge in [-0.05, 0) is 24.2 Å². The predicted octanol–water partition coefficient (Wildman–Crippen LogP) is 3.49. The molecule has 0 radical (unpaired) electrons. The van der Waals surface area contributed by atoms with Crippen LogP contribution >= 0.6 is 22.9 Å². The quantitative estimate of drug-likeness (QED) is 0.881. The van der Waals surface area contributed by atoms with Crippen LogP contribution in [0.2, 0.25) is 5.02 Å². The Bertz CT molecular complexity index is 488. The van der Waals surface area contributed by atoms with Gasteiger partial charge in [0, 0.05) is 11.9 Å². The second-order valence-electron chi connectivity index (χ2n) is 3.81. The molecule has 3 nitrogen and oxygen atoms in total. The number of rotatable bonds is 6. The van der Waals surface area contributed by atoms with Crippen molar-refractivity contribution in [1.82, 2.24) is 10.3 Å². The number of thiazole rings is 1. The molecule has 0 saturated heterocycles. The van der Waals surface area contributed by atoms with E-state index in [9.17, 15) is 0 Å². The summed E-state index contributed by atoms with van der Waals surface area (Å²) in [5.41, 5.74) is 3.87. The zero-order valence-corrected chi connectivity index (χ0v) is 11.7. The molecule has 2 rings (SSSR count). The van der Waals surface area contributed by atoms with Crippen molar-refractivity contribution >= 4 is 22.9 Å². The summed E-state index contributed by atoms with van der Waals surface area (Å²) in [5.74, 6) is 0.699. The van der Waals surface area contributed by atoms with Crippen LogP contribution in [0.25, 0.3) is 0 Å². The van der Waals surface area contributed by atoms with Gasteiger partial charge in [0.05, 0.1) is 16.2 Å². The highest BCUT2D eigenvalue weighted by molar-refractivity contribution is 7.07. The smallest absolute Gasteiger partial charge is 0.138 e. The summed E-state index contributed by atoms with van der Waals surface area (Å²) in [4.78, 5) is 4.16. The molecule has 96 valence electrons. The average Bonchev–Trinajstić information content (AvgIpc) is 2.88. The van der Waals surface area contributed by atoms with Gasteiger partial charge in [-0.25, -0.2) is 4.98 Å². The first-order chi connectivity index (χ1) is 8.79. The van der Waals surface area contributed by atoms with Gasteiger partial charge in [-0.1, -0.05) is 24.6 Å². The van der Waals surface area contributed by atoms with Gasteiger partial charge in [0.25, 0.3) is 0 Å². The summed E-state index contributed by atoms with van der Waals surface area (Å²) in [6, 6.07) is 5.85. The lowest BCUT2D eigenvalue weighted by atomic mass is 10.2. The van der Waals surface area contributed by atoms with Crippen molar-refractivity contribution in [2.24, 2.45) is 0 Å². The summed E-state index contributed by atoms with van der Waals surface area (Å²) >= 11 is 7.74. The Balaban J connectivity index is 1.96. The summed E-state index contributed by atoms with van der Waals surface area (Å²) in [5, 5.41) is 5.86. The van der Waals surface area contributed by atoms with Crippen LogP contribution < -0.4 is 10.1 Å². The third-order valence-electron chi connectivity index (χ3n) is 2.43. The highest BCUT2D eigenvalue weighted by atomic mass is 35.5. The molecule has 0 atom stereocenters. The number of ether oxygens (including phenoxy) is 1. The van der Waals surface area contributed by atoms with Crippen molar-refractivity contribution in [3.8, 4) is 5.75 Å². The zero-order chi connectivity index (χ0) is 12.8. The Morgan fingerprint density at radius 3 is 3.00 bits per heavy atom. The minimum absolute atomic E-state index is 0.454. The lowest BCUT2D eigenvalue weighted by Crippen LogP contribution is -2.11. The monoisotopic (exact) mass is 282 g/mol. The Labute approximate surface area is 116 Å². The number of hydrogen-bond acceptors (Lipinski definition) is 4. The largest absolute Gasteiger partial charge is 0.486 e. The predicted molar refractivity (Wildman–Crippen MR) is 75.3 cm³/mol. The van der Waals surface area contributed by atoms with E-state index in [4.69, 9.17) is 16.3 Å². The molecule has 0 amide bonds. The zero-order valence-electron chi connectivity index (χ0n) is 10.1. The molecule has 18 heavy (non-hydrogen) atoms. The molecular formula is C13H15ClN2OS. The molecule has 1 aromatic carbocycles. The topological polar surface area (TPSA) is 34.1 Å². The third kappa shape index (κ3) is 3.70. The van der Waals surface area contributed by atoms with Crippen molar-refractivity contribution in [1.29, 1.82) is 0 Å². The van der Waals surface area contributed by atoms with Gasteiger partial charge in [0.15, 0.2) is 0 Å². The lowest BCUT2D eigenvalue weighted by Gasteiger charge is -2.08. The first-order valence-corrected chi connectivity index (χ1v) is 7.10. The van der Waals surface area contributed by atoms with Gasteiger partial charge in [-0.15, -0.1) is 11.3 Å². The first kappa shape index (κ1) is 13.3. The Morgan fingerprint density at radius 2 is 2.33 bits per heavy atom. The third-order valence-corrected chi connectivity index (χ3v) is 3.37. The van der Waals surface area contributed by atoms with E-state index in [1.165, 1.54) is 0 Å². The number of hydrogen-bond donors (Lipinski definition) is 1. The molecule has 0 spiro atoms. The summed E-state index contributed by atoms with van der Waals surface area (Å²) < 4.78 is 5.63. The fourth-order valence-corrected chi connectivity index (χ4v) is 2.30. The van der Waals surface area contributed by atoms with Gasteiger partial charge in [0.2, 0.25) is 0 Å². The van der Waals surface area contributed by atoms with Crippen LogP contribution in [0.1, 0.15) is 18.2 Å². The molecule has 0 unspecified atom stereocenters. The van der Waals surface area contributed by atoms with Gasteiger partial charge in [-0.2, -0.15) is 0 Å². The SMILES string of the molecule is CCNCc1ccc(OCc2cscn2)c(Cl)c1. The molecule has 5 heteroatoms. The summed E-state index contributed by atoms with van der Waals surface area (Å²) in [6.45, 7) is 4.30. The molecule has 0 aliphatic carbocycles. The summed E-state index contributed by atoms with van der Waals surface area (Å²) in [7, 11) is 0. The number of aromatic nitrogens is 1. The van der Waals surface area contributed by atoms with Crippen LogP contribution in [0.3, 0.4) is 0 Å². The molecule has 2 aromatic rings. The second kappa shape index (κ2) is 6.73. The van der Waals surface area contributed by atoms with Crippen LogP contribution in [0.5, 0.6) is 5.75 Å². The highest BCUT2D eigenvalue weighted by Crippen LogP contribution is 2.26. The van der Waals surface area contributed by atoms with E-state index >= 15 is 0 Å². The van der Waals surface area contributed by atoms with E-state index in [1.807, 2.05) is 23.6 Å². The van der Waals surface area contributed by atoms with Gasteiger partial charge in [-0.3, -0.25) is 0 Å². The maximum atomic E-state index is 6.18. The molecule has 0 aliphatic heterocycles. The van der Waals surface area contributed by atoms with Gasteiger partial charge in [0.1, 0.15) is 12.4 Å². The summed E-state index contributed by atoms with van der Waals surface area (Å²) in [6.07, 6.45) is 0. The highest BCUT2D eigenvalue weighted by Gasteiger charge is 2.04. The molecular weight excluding hydrogens is 268 g/mol. The molecule has 0 fully saturated rings. The Kier molecular flexibility index (Phi) is 4.99. The van der Waals surface area contributed by atoms with E-state index < -0.39 is 0 Å². The van der Waals surface area contributed by atoms with Crippen molar-refractivity contribution < 1.29 is 4.74 Å². The second-order valence-corrected chi connectivity index (χ2v) is 4.94. The maximum absolute atomic E-state index is 6.18. The van der Waals surface area contributed by atoms with Gasteiger partial charge >= 0.3 is 0 Å². The van der Waals surface area contributed by atoms with Crippen molar-refractivity contribution in [2.45, 2.75) is 20.1 Å². The molecule has 0 aliphatic rings. The number of nitrogens with one attached hydrogen (secondary N) is 1. The van der Waals surface area contributed by atoms with Crippen LogP contribution in [-0.4, -0.2) is 11.5 Å². The van der Waals surface area contributed by atoms with E-state index in [0.717, 1.165) is 24.3 Å². The number of halogens is 1. The van der Waals surface area contributed by atoms with Crippen molar-refractivity contribution in [3.05, 3.63) is 45.4 Å². The molecule has 0 saturated carbocycles. The first-order valence-electron chi connectivity index (χ1n) is 5.78.